The van der Waals surface area contributed by atoms with E-state index in [1.165, 1.54) is 19.1 Å². The molecule has 0 aliphatic carbocycles. The van der Waals surface area contributed by atoms with E-state index in [0.29, 0.717) is 58.9 Å². The summed E-state index contributed by atoms with van der Waals surface area (Å²) in [6.07, 6.45) is 0. The van der Waals surface area contributed by atoms with Gasteiger partial charge in [-0.3, -0.25) is 19.2 Å². The van der Waals surface area contributed by atoms with E-state index in [1.54, 1.807) is 9.80 Å². The molecule has 264 valence electrons. The third-order valence-corrected chi connectivity index (χ3v) is 7.71. The molecule has 2 heterocycles. The molecule has 16 heteroatoms. The van der Waals surface area contributed by atoms with Crippen molar-refractivity contribution in [1.82, 2.24) is 52.3 Å². The van der Waals surface area contributed by atoms with Crippen molar-refractivity contribution in [2.45, 2.75) is 6.92 Å². The van der Waals surface area contributed by atoms with Gasteiger partial charge in [0.2, 0.25) is 5.91 Å². The summed E-state index contributed by atoms with van der Waals surface area (Å²) in [4.78, 5) is 55.6. The highest BCUT2D eigenvalue weighted by atomic mass is 16.5. The SMILES string of the molecule is CC(=O)NCCOCCNC(=O)c1cc(C(=O)N2CCNCCNCCNCC2)c(O)c(C(=O)N2CCNCCNCCNCC2)c1. The topological polar surface area (TPSA) is 200 Å². The quantitative estimate of drug-likeness (QED) is 0.120. The Morgan fingerprint density at radius 3 is 1.38 bits per heavy atom. The van der Waals surface area contributed by atoms with E-state index in [2.05, 4.69) is 42.5 Å². The molecule has 16 nitrogen and oxygen atoms in total. The summed E-state index contributed by atoms with van der Waals surface area (Å²) in [5.74, 6) is -2.02. The minimum Gasteiger partial charge on any atom is -0.506 e. The molecule has 0 unspecified atom stereocenters. The molecule has 0 radical (unpaired) electrons. The van der Waals surface area contributed by atoms with Crippen molar-refractivity contribution >= 4 is 23.6 Å². The average Bonchev–Trinajstić information content (AvgIpc) is 3.04. The Balaban J connectivity index is 1.84. The van der Waals surface area contributed by atoms with Gasteiger partial charge in [-0.2, -0.15) is 0 Å². The van der Waals surface area contributed by atoms with E-state index in [4.69, 9.17) is 4.74 Å². The van der Waals surface area contributed by atoms with Crippen LogP contribution in [0.15, 0.2) is 12.1 Å². The number of hydrogen-bond donors (Lipinski definition) is 9. The van der Waals surface area contributed by atoms with Crippen LogP contribution in [-0.4, -0.2) is 170 Å². The number of carbonyl (C=O) groups is 4. The molecule has 2 aliphatic rings. The number of amides is 4. The fourth-order valence-corrected chi connectivity index (χ4v) is 5.12. The van der Waals surface area contributed by atoms with Crippen molar-refractivity contribution < 1.29 is 29.0 Å². The molecule has 47 heavy (non-hydrogen) atoms. The monoisotopic (exact) mass is 662 g/mol. The summed E-state index contributed by atoms with van der Waals surface area (Å²) in [5.41, 5.74) is -0.114. The number of carbonyl (C=O) groups excluding carboxylic acids is 4. The third kappa shape index (κ3) is 14.1. The second-order valence-electron chi connectivity index (χ2n) is 11.4. The van der Waals surface area contributed by atoms with Gasteiger partial charge in [-0.05, 0) is 12.1 Å². The van der Waals surface area contributed by atoms with E-state index in [-0.39, 0.29) is 42.4 Å². The van der Waals surface area contributed by atoms with Gasteiger partial charge >= 0.3 is 0 Å². The van der Waals surface area contributed by atoms with Gasteiger partial charge < -0.3 is 62.2 Å². The lowest BCUT2D eigenvalue weighted by Gasteiger charge is -2.27. The smallest absolute Gasteiger partial charge is 0.257 e. The lowest BCUT2D eigenvalue weighted by molar-refractivity contribution is -0.119. The average molecular weight is 663 g/mol. The van der Waals surface area contributed by atoms with Crippen molar-refractivity contribution in [3.05, 3.63) is 28.8 Å². The molecule has 1 aromatic rings. The summed E-state index contributed by atoms with van der Waals surface area (Å²) in [5, 5.41) is 36.8. The van der Waals surface area contributed by atoms with E-state index >= 15 is 0 Å². The molecule has 1 aromatic carbocycles. The number of rotatable bonds is 9. The van der Waals surface area contributed by atoms with Gasteiger partial charge in [-0.1, -0.05) is 0 Å². The van der Waals surface area contributed by atoms with Crippen LogP contribution in [0.4, 0.5) is 0 Å². The van der Waals surface area contributed by atoms with Gasteiger partial charge in [0.1, 0.15) is 5.75 Å². The standard InChI is InChI=1S/C31H54N10O6/c1-24(42)38-14-20-47-21-15-39-29(44)25-22-26(30(45)40-16-10-34-6-2-32-3-7-35-11-17-40)28(43)27(23-25)31(46)41-18-12-36-8-4-33-5-9-37-13-19-41/h22-23,32-37,43H,2-21H2,1H3,(H,38,42)(H,39,44). The van der Waals surface area contributed by atoms with Gasteiger partial charge in [-0.15, -0.1) is 0 Å². The summed E-state index contributed by atoms with van der Waals surface area (Å²) in [6.45, 7) is 12.4. The van der Waals surface area contributed by atoms with Crippen molar-refractivity contribution in [2.75, 3.05) is 131 Å². The fraction of sp³-hybridized carbons (Fsp3) is 0.677. The zero-order chi connectivity index (χ0) is 33.7. The Labute approximate surface area is 277 Å². The largest absolute Gasteiger partial charge is 0.506 e. The van der Waals surface area contributed by atoms with Crippen LogP contribution in [0.2, 0.25) is 0 Å². The minimum atomic E-state index is -0.507. The molecule has 0 saturated carbocycles. The Kier molecular flexibility index (Phi) is 18.0. The van der Waals surface area contributed by atoms with Crippen molar-refractivity contribution in [3.63, 3.8) is 0 Å². The highest BCUT2D eigenvalue weighted by molar-refractivity contribution is 6.07. The highest BCUT2D eigenvalue weighted by Crippen LogP contribution is 2.28. The normalized spacial score (nSPS) is 18.1. The predicted molar refractivity (Wildman–Crippen MR) is 179 cm³/mol. The van der Waals surface area contributed by atoms with Gasteiger partial charge in [0.05, 0.1) is 24.3 Å². The number of ether oxygens (including phenoxy) is 1. The number of hydrogen-bond acceptors (Lipinski definition) is 12. The highest BCUT2D eigenvalue weighted by Gasteiger charge is 2.28. The Bertz CT molecular complexity index is 1050. The molecule has 3 rings (SSSR count). The minimum absolute atomic E-state index is 0.0844. The first kappa shape index (κ1) is 38.1. The van der Waals surface area contributed by atoms with Crippen LogP contribution in [0.3, 0.4) is 0 Å². The number of nitrogens with zero attached hydrogens (tertiary/aromatic N) is 2. The third-order valence-electron chi connectivity index (χ3n) is 7.71. The summed E-state index contributed by atoms with van der Waals surface area (Å²) in [7, 11) is 0. The number of phenols is 1. The lowest BCUT2D eigenvalue weighted by atomic mass is 10.0. The molecular formula is C31H54N10O6. The van der Waals surface area contributed by atoms with E-state index in [0.717, 1.165) is 52.4 Å². The molecule has 0 bridgehead atoms. The fourth-order valence-electron chi connectivity index (χ4n) is 5.12. The van der Waals surface area contributed by atoms with Crippen LogP contribution in [0, 0.1) is 0 Å². The molecule has 2 saturated heterocycles. The molecule has 0 spiro atoms. The maximum Gasteiger partial charge on any atom is 0.257 e. The van der Waals surface area contributed by atoms with Gasteiger partial charge in [0.15, 0.2) is 0 Å². The first-order valence-corrected chi connectivity index (χ1v) is 16.7. The van der Waals surface area contributed by atoms with Crippen molar-refractivity contribution in [2.24, 2.45) is 0 Å². The molecule has 0 aromatic heterocycles. The molecular weight excluding hydrogens is 608 g/mol. The Morgan fingerprint density at radius 2 is 1.00 bits per heavy atom. The number of aromatic hydroxyl groups is 1. The van der Waals surface area contributed by atoms with Crippen molar-refractivity contribution in [1.29, 1.82) is 0 Å². The second kappa shape index (κ2) is 22.2. The lowest BCUT2D eigenvalue weighted by Crippen LogP contribution is -2.45. The maximum atomic E-state index is 14.0. The van der Waals surface area contributed by atoms with Gasteiger partial charge in [-0.25, -0.2) is 0 Å². The zero-order valence-electron chi connectivity index (χ0n) is 27.7. The number of nitrogens with one attached hydrogen (secondary N) is 8. The first-order valence-electron chi connectivity index (χ1n) is 16.7. The van der Waals surface area contributed by atoms with Gasteiger partial charge in [0, 0.05) is 130 Å². The van der Waals surface area contributed by atoms with Crippen molar-refractivity contribution in [3.8, 4) is 5.75 Å². The molecule has 2 aliphatic heterocycles. The maximum absolute atomic E-state index is 14.0. The summed E-state index contributed by atoms with van der Waals surface area (Å²) in [6, 6.07) is 2.71. The zero-order valence-corrected chi connectivity index (χ0v) is 27.7. The van der Waals surface area contributed by atoms with Gasteiger partial charge in [0.25, 0.3) is 17.7 Å². The van der Waals surface area contributed by atoms with Crippen LogP contribution in [0.5, 0.6) is 5.75 Å². The molecule has 2 fully saturated rings. The Hall–Kier alpha value is -3.38. The number of phenolic OH excluding ortho intramolecular Hbond substituents is 1. The number of benzene rings is 1. The van der Waals surface area contributed by atoms with Crippen LogP contribution in [0.1, 0.15) is 38.0 Å². The molecule has 4 amide bonds. The van der Waals surface area contributed by atoms with E-state index < -0.39 is 23.5 Å². The Morgan fingerprint density at radius 1 is 0.638 bits per heavy atom. The van der Waals surface area contributed by atoms with Crippen LogP contribution in [0.25, 0.3) is 0 Å². The molecule has 0 atom stereocenters. The van der Waals surface area contributed by atoms with Crippen LogP contribution in [-0.2, 0) is 9.53 Å². The van der Waals surface area contributed by atoms with E-state index in [1.807, 2.05) is 0 Å². The molecule has 9 N–H and O–H groups in total. The second-order valence-corrected chi connectivity index (χ2v) is 11.4. The van der Waals surface area contributed by atoms with Crippen LogP contribution >= 0.6 is 0 Å². The first-order chi connectivity index (χ1) is 22.9. The predicted octanol–water partition coefficient (Wildman–Crippen LogP) is -3.28. The summed E-state index contributed by atoms with van der Waals surface area (Å²) >= 11 is 0. The van der Waals surface area contributed by atoms with E-state index in [9.17, 15) is 24.3 Å². The summed E-state index contributed by atoms with van der Waals surface area (Å²) < 4.78 is 5.47. The van der Waals surface area contributed by atoms with Crippen LogP contribution < -0.4 is 42.5 Å².